The quantitative estimate of drug-likeness (QED) is 0.940. The highest BCUT2D eigenvalue weighted by molar-refractivity contribution is 6.30. The Balaban J connectivity index is 1.97. The maximum Gasteiger partial charge on any atom is 0.413 e. The Hall–Kier alpha value is -2.14. The molecule has 0 bridgehead atoms. The highest BCUT2D eigenvalue weighted by Crippen LogP contribution is 2.20. The van der Waals surface area contributed by atoms with Crippen LogP contribution in [0.4, 0.5) is 10.6 Å². The number of nitrogens with zero attached hydrogens (tertiary/aromatic N) is 2. The Labute approximate surface area is 121 Å². The van der Waals surface area contributed by atoms with E-state index < -0.39 is 6.09 Å². The van der Waals surface area contributed by atoms with Gasteiger partial charge in [0, 0.05) is 0 Å². The molecule has 0 atom stereocenters. The number of carbonyl (C=O) groups excluding carboxylic acids is 1. The van der Waals surface area contributed by atoms with Gasteiger partial charge >= 0.3 is 6.09 Å². The van der Waals surface area contributed by atoms with Crippen molar-refractivity contribution in [2.24, 2.45) is 0 Å². The van der Waals surface area contributed by atoms with Crippen molar-refractivity contribution in [1.29, 1.82) is 0 Å². The molecule has 6 heteroatoms. The van der Waals surface area contributed by atoms with E-state index in [9.17, 15) is 4.79 Å². The molecule has 0 saturated carbocycles. The second-order valence-corrected chi connectivity index (χ2v) is 4.63. The number of anilines is 1. The number of hydrogen-bond donors (Lipinski definition) is 1. The summed E-state index contributed by atoms with van der Waals surface area (Å²) in [6.07, 6.45) is -0.576. The van der Waals surface area contributed by atoms with Crippen LogP contribution >= 0.6 is 11.6 Å². The summed E-state index contributed by atoms with van der Waals surface area (Å²) in [5.41, 5.74) is 2.46. The van der Waals surface area contributed by atoms with Gasteiger partial charge in [-0.1, -0.05) is 41.9 Å². The van der Waals surface area contributed by atoms with Crippen LogP contribution in [0.5, 0.6) is 0 Å². The molecule has 0 unspecified atom stereocenters. The SMILES string of the molecule is Cc1c(Cl)nnc(NC(=O)OCc2ccccc2)c1C. The van der Waals surface area contributed by atoms with Crippen LogP contribution in [-0.4, -0.2) is 16.3 Å². The molecule has 1 aromatic heterocycles. The summed E-state index contributed by atoms with van der Waals surface area (Å²) >= 11 is 5.85. The number of halogens is 1. The first-order chi connectivity index (χ1) is 9.58. The van der Waals surface area contributed by atoms with Crippen LogP contribution in [0.1, 0.15) is 16.7 Å². The standard InChI is InChI=1S/C14H14ClN3O2/c1-9-10(2)13(18-17-12(9)15)16-14(19)20-8-11-6-4-3-5-7-11/h3-7H,8H2,1-2H3,(H,16,18,19). The van der Waals surface area contributed by atoms with Gasteiger partial charge < -0.3 is 4.74 Å². The maximum absolute atomic E-state index is 11.7. The Kier molecular flexibility index (Phi) is 4.53. The Morgan fingerprint density at radius 1 is 1.20 bits per heavy atom. The number of amides is 1. The van der Waals surface area contributed by atoms with Crippen molar-refractivity contribution in [2.45, 2.75) is 20.5 Å². The molecule has 1 amide bonds. The largest absolute Gasteiger partial charge is 0.444 e. The molecule has 0 aliphatic rings. The van der Waals surface area contributed by atoms with Gasteiger partial charge in [-0.25, -0.2) is 4.79 Å². The fourth-order valence-electron chi connectivity index (χ4n) is 1.55. The van der Waals surface area contributed by atoms with Crippen molar-refractivity contribution in [2.75, 3.05) is 5.32 Å². The molecule has 0 aliphatic heterocycles. The van der Waals surface area contributed by atoms with E-state index in [1.807, 2.05) is 44.2 Å². The molecule has 1 heterocycles. The third-order valence-electron chi connectivity index (χ3n) is 2.90. The molecule has 104 valence electrons. The van der Waals surface area contributed by atoms with Crippen LogP contribution < -0.4 is 5.32 Å². The molecule has 1 aromatic carbocycles. The lowest BCUT2D eigenvalue weighted by atomic mass is 10.2. The van der Waals surface area contributed by atoms with Crippen molar-refractivity contribution in [3.63, 3.8) is 0 Å². The topological polar surface area (TPSA) is 64.1 Å². The summed E-state index contributed by atoms with van der Waals surface area (Å²) in [4.78, 5) is 11.7. The predicted molar refractivity (Wildman–Crippen MR) is 76.8 cm³/mol. The minimum atomic E-state index is -0.576. The number of hydrogen-bond acceptors (Lipinski definition) is 4. The molecule has 20 heavy (non-hydrogen) atoms. The minimum absolute atomic E-state index is 0.200. The van der Waals surface area contributed by atoms with Gasteiger partial charge in [0.05, 0.1) is 0 Å². The van der Waals surface area contributed by atoms with Crippen molar-refractivity contribution < 1.29 is 9.53 Å². The smallest absolute Gasteiger partial charge is 0.413 e. The van der Waals surface area contributed by atoms with E-state index in [0.29, 0.717) is 11.0 Å². The van der Waals surface area contributed by atoms with Gasteiger partial charge in [0.25, 0.3) is 0 Å². The van der Waals surface area contributed by atoms with Crippen LogP contribution in [0.15, 0.2) is 30.3 Å². The summed E-state index contributed by atoms with van der Waals surface area (Å²) in [7, 11) is 0. The van der Waals surface area contributed by atoms with Crippen molar-refractivity contribution >= 4 is 23.5 Å². The summed E-state index contributed by atoms with van der Waals surface area (Å²) < 4.78 is 5.11. The van der Waals surface area contributed by atoms with Gasteiger partial charge in [0.1, 0.15) is 6.61 Å². The van der Waals surface area contributed by atoms with Gasteiger partial charge in [0.15, 0.2) is 11.0 Å². The first-order valence-electron chi connectivity index (χ1n) is 6.05. The highest BCUT2D eigenvalue weighted by Gasteiger charge is 2.11. The molecule has 0 radical (unpaired) electrons. The van der Waals surface area contributed by atoms with Crippen LogP contribution in [0.3, 0.4) is 0 Å². The lowest BCUT2D eigenvalue weighted by molar-refractivity contribution is 0.155. The van der Waals surface area contributed by atoms with E-state index in [4.69, 9.17) is 16.3 Å². The zero-order valence-electron chi connectivity index (χ0n) is 11.2. The average molecular weight is 292 g/mol. The Bertz CT molecular complexity index is 617. The predicted octanol–water partition coefficient (Wildman–Crippen LogP) is 3.50. The summed E-state index contributed by atoms with van der Waals surface area (Å²) in [5.74, 6) is 0.352. The maximum atomic E-state index is 11.7. The molecule has 2 aromatic rings. The fraction of sp³-hybridized carbons (Fsp3) is 0.214. The van der Waals surface area contributed by atoms with Crippen LogP contribution in [0.2, 0.25) is 5.15 Å². The van der Waals surface area contributed by atoms with E-state index in [-0.39, 0.29) is 6.61 Å². The zero-order valence-corrected chi connectivity index (χ0v) is 11.9. The number of carbonyl (C=O) groups is 1. The molecular formula is C14H14ClN3O2. The Morgan fingerprint density at radius 3 is 2.60 bits per heavy atom. The third kappa shape index (κ3) is 3.45. The second kappa shape index (κ2) is 6.34. The van der Waals surface area contributed by atoms with Crippen LogP contribution in [-0.2, 0) is 11.3 Å². The monoisotopic (exact) mass is 291 g/mol. The van der Waals surface area contributed by atoms with E-state index >= 15 is 0 Å². The number of ether oxygens (including phenoxy) is 1. The highest BCUT2D eigenvalue weighted by atomic mass is 35.5. The van der Waals surface area contributed by atoms with E-state index in [2.05, 4.69) is 15.5 Å². The normalized spacial score (nSPS) is 10.2. The number of aromatic nitrogens is 2. The van der Waals surface area contributed by atoms with Gasteiger partial charge in [-0.05, 0) is 30.5 Å². The molecule has 0 aliphatic carbocycles. The summed E-state index contributed by atoms with van der Waals surface area (Å²) in [6, 6.07) is 9.43. The van der Waals surface area contributed by atoms with E-state index in [0.717, 1.165) is 16.7 Å². The number of benzene rings is 1. The molecule has 2 rings (SSSR count). The summed E-state index contributed by atoms with van der Waals surface area (Å²) in [5, 5.41) is 10.5. The van der Waals surface area contributed by atoms with Crippen molar-refractivity contribution in [3.05, 3.63) is 52.2 Å². The van der Waals surface area contributed by atoms with Gasteiger partial charge in [-0.2, -0.15) is 0 Å². The minimum Gasteiger partial charge on any atom is -0.444 e. The van der Waals surface area contributed by atoms with E-state index in [1.54, 1.807) is 0 Å². The number of rotatable bonds is 3. The molecular weight excluding hydrogens is 278 g/mol. The Morgan fingerprint density at radius 2 is 1.90 bits per heavy atom. The van der Waals surface area contributed by atoms with Crippen LogP contribution in [0, 0.1) is 13.8 Å². The molecule has 5 nitrogen and oxygen atoms in total. The molecule has 0 spiro atoms. The third-order valence-corrected chi connectivity index (χ3v) is 3.26. The van der Waals surface area contributed by atoms with Gasteiger partial charge in [-0.15, -0.1) is 10.2 Å². The van der Waals surface area contributed by atoms with Gasteiger partial charge in [-0.3, -0.25) is 5.32 Å². The van der Waals surface area contributed by atoms with Gasteiger partial charge in [0.2, 0.25) is 0 Å². The zero-order chi connectivity index (χ0) is 14.5. The lowest BCUT2D eigenvalue weighted by Crippen LogP contribution is -2.16. The first kappa shape index (κ1) is 14.3. The average Bonchev–Trinajstić information content (AvgIpc) is 2.47. The fourth-order valence-corrected chi connectivity index (χ4v) is 1.73. The van der Waals surface area contributed by atoms with E-state index in [1.165, 1.54) is 0 Å². The van der Waals surface area contributed by atoms with Crippen molar-refractivity contribution in [1.82, 2.24) is 10.2 Å². The lowest BCUT2D eigenvalue weighted by Gasteiger charge is -2.10. The molecule has 0 saturated heterocycles. The van der Waals surface area contributed by atoms with Crippen LogP contribution in [0.25, 0.3) is 0 Å². The van der Waals surface area contributed by atoms with Crippen molar-refractivity contribution in [3.8, 4) is 0 Å². The summed E-state index contributed by atoms with van der Waals surface area (Å²) in [6.45, 7) is 3.82. The first-order valence-corrected chi connectivity index (χ1v) is 6.43. The molecule has 0 fully saturated rings. The second-order valence-electron chi connectivity index (χ2n) is 4.28. The number of nitrogens with one attached hydrogen (secondary N) is 1. The molecule has 1 N–H and O–H groups in total.